The highest BCUT2D eigenvalue weighted by Gasteiger charge is 2.53. The second kappa shape index (κ2) is 6.39. The van der Waals surface area contributed by atoms with E-state index in [4.69, 9.17) is 9.72 Å². The molecule has 0 saturated carbocycles. The maximum absolute atomic E-state index is 12.5. The number of ether oxygens (including phenoxy) is 1. The van der Waals surface area contributed by atoms with Crippen molar-refractivity contribution in [3.8, 4) is 0 Å². The summed E-state index contributed by atoms with van der Waals surface area (Å²) in [6.45, 7) is 6.76. The maximum atomic E-state index is 12.5. The predicted octanol–water partition coefficient (Wildman–Crippen LogP) is 0.585. The predicted molar refractivity (Wildman–Crippen MR) is 86.2 cm³/mol. The van der Waals surface area contributed by atoms with Crippen LogP contribution in [-0.2, 0) is 22.4 Å². The third kappa shape index (κ3) is 2.67. The van der Waals surface area contributed by atoms with Gasteiger partial charge in [0, 0.05) is 32.7 Å². The average Bonchev–Trinajstić information content (AvgIpc) is 3.01. The second-order valence-electron chi connectivity index (χ2n) is 6.35. The molecule has 3 heterocycles. The highest BCUT2D eigenvalue weighted by atomic mass is 16.5. The Morgan fingerprint density at radius 2 is 2.13 bits per heavy atom. The van der Waals surface area contributed by atoms with E-state index in [0.29, 0.717) is 25.7 Å². The number of nitrogens with one attached hydrogen (secondary N) is 1. The van der Waals surface area contributed by atoms with Crippen molar-refractivity contribution in [2.24, 2.45) is 11.3 Å². The monoisotopic (exact) mass is 319 g/mol. The van der Waals surface area contributed by atoms with Crippen molar-refractivity contribution in [2.45, 2.75) is 33.1 Å². The fraction of sp³-hybridized carbons (Fsp3) is 0.750. The van der Waals surface area contributed by atoms with E-state index < -0.39 is 5.41 Å². The van der Waals surface area contributed by atoms with Gasteiger partial charge in [-0.1, -0.05) is 13.8 Å². The van der Waals surface area contributed by atoms with E-state index in [1.807, 2.05) is 0 Å². The van der Waals surface area contributed by atoms with Crippen LogP contribution in [0.4, 0.5) is 5.95 Å². The first-order valence-electron chi connectivity index (χ1n) is 8.42. The lowest BCUT2D eigenvalue weighted by atomic mass is 9.73. The molecule has 1 N–H and O–H groups in total. The van der Waals surface area contributed by atoms with Gasteiger partial charge < -0.3 is 15.0 Å². The molecule has 0 bridgehead atoms. The van der Waals surface area contributed by atoms with Gasteiger partial charge in [-0.2, -0.15) is 5.10 Å². The van der Waals surface area contributed by atoms with Gasteiger partial charge in [-0.05, 0) is 19.3 Å². The molecule has 0 radical (unpaired) electrons. The van der Waals surface area contributed by atoms with E-state index >= 15 is 0 Å². The van der Waals surface area contributed by atoms with E-state index in [0.717, 1.165) is 37.2 Å². The van der Waals surface area contributed by atoms with Crippen molar-refractivity contribution in [1.82, 2.24) is 20.5 Å². The summed E-state index contributed by atoms with van der Waals surface area (Å²) < 4.78 is 5.61. The smallest absolute Gasteiger partial charge is 0.245 e. The summed E-state index contributed by atoms with van der Waals surface area (Å²) in [4.78, 5) is 19.3. The minimum atomic E-state index is -0.397. The molecule has 1 aromatic rings. The Morgan fingerprint density at radius 3 is 2.83 bits per heavy atom. The van der Waals surface area contributed by atoms with E-state index in [1.165, 1.54) is 0 Å². The zero-order chi connectivity index (χ0) is 16.4. The summed E-state index contributed by atoms with van der Waals surface area (Å²) in [5.74, 6) is 0.912. The number of rotatable bonds is 4. The fourth-order valence-corrected chi connectivity index (χ4v) is 3.78. The van der Waals surface area contributed by atoms with E-state index in [1.54, 1.807) is 7.05 Å². The van der Waals surface area contributed by atoms with Crippen LogP contribution in [0.1, 0.15) is 31.7 Å². The number of nitrogens with zero attached hydrogens (tertiary/aromatic N) is 4. The van der Waals surface area contributed by atoms with Crippen molar-refractivity contribution in [2.75, 3.05) is 38.3 Å². The van der Waals surface area contributed by atoms with Gasteiger partial charge in [0.1, 0.15) is 0 Å². The lowest BCUT2D eigenvalue weighted by Gasteiger charge is -2.36. The number of aromatic nitrogens is 3. The summed E-state index contributed by atoms with van der Waals surface area (Å²) in [7, 11) is 1.70. The molecule has 7 nitrogen and oxygen atoms in total. The highest BCUT2D eigenvalue weighted by molar-refractivity contribution is 5.84. The topological polar surface area (TPSA) is 80.2 Å². The fourth-order valence-electron chi connectivity index (χ4n) is 3.78. The Morgan fingerprint density at radius 1 is 1.35 bits per heavy atom. The number of carbonyl (C=O) groups is 1. The van der Waals surface area contributed by atoms with Crippen molar-refractivity contribution in [3.63, 3.8) is 0 Å². The quantitative estimate of drug-likeness (QED) is 0.875. The Labute approximate surface area is 136 Å². The van der Waals surface area contributed by atoms with Crippen LogP contribution in [0.3, 0.4) is 0 Å². The number of aryl methyl sites for hydroxylation is 2. The number of carbonyl (C=O) groups excluding carboxylic acids is 1. The first-order chi connectivity index (χ1) is 11.1. The minimum absolute atomic E-state index is 0.0992. The van der Waals surface area contributed by atoms with E-state index in [-0.39, 0.29) is 11.8 Å². The first-order valence-corrected chi connectivity index (χ1v) is 8.42. The third-order valence-electron chi connectivity index (χ3n) is 5.17. The maximum Gasteiger partial charge on any atom is 0.245 e. The summed E-state index contributed by atoms with van der Waals surface area (Å²) in [6, 6.07) is 0. The molecule has 1 amide bonds. The van der Waals surface area contributed by atoms with Crippen LogP contribution >= 0.6 is 0 Å². The van der Waals surface area contributed by atoms with E-state index in [9.17, 15) is 4.79 Å². The van der Waals surface area contributed by atoms with Crippen LogP contribution in [0.2, 0.25) is 0 Å². The third-order valence-corrected chi connectivity index (χ3v) is 5.17. The molecule has 23 heavy (non-hydrogen) atoms. The molecular weight excluding hydrogens is 294 g/mol. The summed E-state index contributed by atoms with van der Waals surface area (Å²) in [5, 5.41) is 11.5. The molecule has 1 aromatic heterocycles. The molecule has 2 saturated heterocycles. The molecule has 2 aliphatic rings. The van der Waals surface area contributed by atoms with Crippen LogP contribution in [0.5, 0.6) is 0 Å². The normalized spacial score (nSPS) is 26.9. The zero-order valence-electron chi connectivity index (χ0n) is 14.1. The van der Waals surface area contributed by atoms with Crippen LogP contribution in [0.15, 0.2) is 0 Å². The zero-order valence-corrected chi connectivity index (χ0v) is 14.1. The van der Waals surface area contributed by atoms with E-state index in [2.05, 4.69) is 34.3 Å². The molecule has 2 aliphatic heterocycles. The molecule has 2 atom stereocenters. The molecule has 0 aromatic carbocycles. The molecule has 2 unspecified atom stereocenters. The van der Waals surface area contributed by atoms with Gasteiger partial charge >= 0.3 is 0 Å². The number of anilines is 1. The van der Waals surface area contributed by atoms with Crippen LogP contribution < -0.4 is 10.2 Å². The van der Waals surface area contributed by atoms with Crippen molar-refractivity contribution >= 4 is 11.9 Å². The summed E-state index contributed by atoms with van der Waals surface area (Å²) in [5.41, 5.74) is 1.56. The summed E-state index contributed by atoms with van der Waals surface area (Å²) in [6.07, 6.45) is 2.42. The number of hydrogen-bond donors (Lipinski definition) is 1. The number of hydrogen-bond acceptors (Lipinski definition) is 6. The molecule has 0 spiro atoms. The van der Waals surface area contributed by atoms with Crippen molar-refractivity contribution < 1.29 is 9.53 Å². The molecular formula is C16H25N5O2. The summed E-state index contributed by atoms with van der Waals surface area (Å²) >= 11 is 0. The average molecular weight is 319 g/mol. The van der Waals surface area contributed by atoms with Gasteiger partial charge in [0.05, 0.1) is 23.4 Å². The second-order valence-corrected chi connectivity index (χ2v) is 6.35. The SMILES string of the molecule is CCc1nnc(N2CC3COCCC3(C(=O)NC)C2)nc1CC. The van der Waals surface area contributed by atoms with Crippen molar-refractivity contribution in [1.29, 1.82) is 0 Å². The standard InChI is InChI=1S/C16H25N5O2/c1-4-12-13(5-2)19-20-15(18-12)21-8-11-9-23-7-6-16(11,10-21)14(22)17-3/h11H,4-10H2,1-3H3,(H,17,22). The van der Waals surface area contributed by atoms with Gasteiger partial charge in [-0.3, -0.25) is 4.79 Å². The number of fused-ring (bicyclic) bond motifs is 1. The highest BCUT2D eigenvalue weighted by Crippen LogP contribution is 2.43. The minimum Gasteiger partial charge on any atom is -0.381 e. The van der Waals surface area contributed by atoms with Gasteiger partial charge in [0.25, 0.3) is 0 Å². The van der Waals surface area contributed by atoms with Crippen LogP contribution in [0, 0.1) is 11.3 Å². The van der Waals surface area contributed by atoms with Crippen LogP contribution in [0.25, 0.3) is 0 Å². The molecule has 2 fully saturated rings. The Balaban J connectivity index is 1.89. The molecule has 0 aliphatic carbocycles. The Kier molecular flexibility index (Phi) is 4.48. The van der Waals surface area contributed by atoms with Gasteiger partial charge in [-0.15, -0.1) is 5.10 Å². The Hall–Kier alpha value is -1.76. The largest absolute Gasteiger partial charge is 0.381 e. The molecule has 3 rings (SSSR count). The van der Waals surface area contributed by atoms with Crippen molar-refractivity contribution in [3.05, 3.63) is 11.4 Å². The van der Waals surface area contributed by atoms with Gasteiger partial charge in [-0.25, -0.2) is 4.98 Å². The number of amides is 1. The lowest BCUT2D eigenvalue weighted by Crippen LogP contribution is -2.49. The van der Waals surface area contributed by atoms with Gasteiger partial charge in [0.15, 0.2) is 0 Å². The van der Waals surface area contributed by atoms with Gasteiger partial charge in [0.2, 0.25) is 11.9 Å². The first kappa shape index (κ1) is 16.1. The molecule has 126 valence electrons. The van der Waals surface area contributed by atoms with Crippen LogP contribution in [-0.4, -0.2) is 54.4 Å². The Bertz CT molecular complexity index is 594. The molecule has 7 heteroatoms. The lowest BCUT2D eigenvalue weighted by molar-refractivity contribution is -0.138.